The third-order valence-electron chi connectivity index (χ3n) is 2.20. The first-order valence-electron chi connectivity index (χ1n) is 5.10. The quantitative estimate of drug-likeness (QED) is 0.850. The van der Waals surface area contributed by atoms with Gasteiger partial charge in [-0.2, -0.15) is 13.2 Å². The molecule has 18 heavy (non-hydrogen) atoms. The molecule has 3 N–H and O–H groups in total. The number of carbonyl (C=O) groups is 1. The number of para-hydroxylation sites is 1. The van der Waals surface area contributed by atoms with Gasteiger partial charge in [0.25, 0.3) is 0 Å². The van der Waals surface area contributed by atoms with Gasteiger partial charge in [-0.05, 0) is 12.1 Å². The van der Waals surface area contributed by atoms with Crippen LogP contribution in [0.2, 0.25) is 0 Å². The smallest absolute Gasteiger partial charge is 0.419 e. The van der Waals surface area contributed by atoms with Crippen molar-refractivity contribution < 1.29 is 27.8 Å². The molecule has 0 saturated heterocycles. The predicted octanol–water partition coefficient (Wildman–Crippen LogP) is 1.89. The summed E-state index contributed by atoms with van der Waals surface area (Å²) in [5.74, 6) is -1.55. The molecule has 0 aliphatic carbocycles. The van der Waals surface area contributed by atoms with Gasteiger partial charge in [-0.15, -0.1) is 0 Å². The molecule has 1 aromatic rings. The largest absolute Gasteiger partial charge is 0.493 e. The molecule has 1 rings (SSSR count). The predicted molar refractivity (Wildman–Crippen MR) is 57.2 cm³/mol. The number of rotatable bonds is 5. The van der Waals surface area contributed by atoms with E-state index >= 15 is 0 Å². The molecule has 7 heteroatoms. The zero-order valence-corrected chi connectivity index (χ0v) is 9.28. The number of nitrogens with two attached hydrogens (primary N) is 1. The fourth-order valence-corrected chi connectivity index (χ4v) is 1.25. The van der Waals surface area contributed by atoms with E-state index in [1.54, 1.807) is 0 Å². The molecular formula is C11H12F3NO3. The molecule has 0 aliphatic rings. The van der Waals surface area contributed by atoms with Crippen molar-refractivity contribution in [3.8, 4) is 5.75 Å². The van der Waals surface area contributed by atoms with Gasteiger partial charge in [0.2, 0.25) is 0 Å². The van der Waals surface area contributed by atoms with Gasteiger partial charge in [-0.25, -0.2) is 0 Å². The molecule has 0 aromatic heterocycles. The third-order valence-corrected chi connectivity index (χ3v) is 2.20. The van der Waals surface area contributed by atoms with Crippen molar-refractivity contribution in [1.29, 1.82) is 0 Å². The third kappa shape index (κ3) is 3.92. The monoisotopic (exact) mass is 263 g/mol. The van der Waals surface area contributed by atoms with E-state index < -0.39 is 23.8 Å². The molecule has 100 valence electrons. The summed E-state index contributed by atoms with van der Waals surface area (Å²) in [4.78, 5) is 10.4. The summed E-state index contributed by atoms with van der Waals surface area (Å²) in [6.45, 7) is -0.194. The van der Waals surface area contributed by atoms with Crippen LogP contribution in [0.15, 0.2) is 24.3 Å². The molecule has 1 aromatic carbocycles. The first kappa shape index (κ1) is 14.3. The molecule has 4 nitrogen and oxygen atoms in total. The topological polar surface area (TPSA) is 72.5 Å². The minimum Gasteiger partial charge on any atom is -0.493 e. The maximum Gasteiger partial charge on any atom is 0.419 e. The van der Waals surface area contributed by atoms with Crippen LogP contribution in [0.5, 0.6) is 5.75 Å². The highest BCUT2D eigenvalue weighted by Gasteiger charge is 2.34. The number of carboxylic acids is 1. The minimum absolute atomic E-state index is 0.0679. The number of alkyl halides is 3. The van der Waals surface area contributed by atoms with Gasteiger partial charge in [0.15, 0.2) is 0 Å². The Bertz CT molecular complexity index is 420. The van der Waals surface area contributed by atoms with Crippen LogP contribution >= 0.6 is 0 Å². The van der Waals surface area contributed by atoms with Gasteiger partial charge in [-0.1, -0.05) is 12.1 Å². The average Bonchev–Trinajstić information content (AvgIpc) is 2.28. The van der Waals surface area contributed by atoms with Crippen molar-refractivity contribution in [2.45, 2.75) is 18.6 Å². The summed E-state index contributed by atoms with van der Waals surface area (Å²) in [6, 6.07) is 3.57. The maximum absolute atomic E-state index is 12.6. The van der Waals surface area contributed by atoms with Crippen molar-refractivity contribution in [2.24, 2.45) is 5.73 Å². The van der Waals surface area contributed by atoms with Gasteiger partial charge in [0, 0.05) is 6.42 Å². The van der Waals surface area contributed by atoms with E-state index in [-0.39, 0.29) is 18.8 Å². The second kappa shape index (κ2) is 5.72. The highest BCUT2D eigenvalue weighted by atomic mass is 19.4. The highest BCUT2D eigenvalue weighted by molar-refractivity contribution is 5.72. The molecule has 0 aliphatic heterocycles. The number of hydrogen-bond donors (Lipinski definition) is 2. The van der Waals surface area contributed by atoms with E-state index in [1.807, 2.05) is 0 Å². The van der Waals surface area contributed by atoms with E-state index in [2.05, 4.69) is 0 Å². The number of halogens is 3. The molecule has 0 fully saturated rings. The Morgan fingerprint density at radius 2 is 2.00 bits per heavy atom. The van der Waals surface area contributed by atoms with Crippen molar-refractivity contribution in [3.63, 3.8) is 0 Å². The molecule has 0 spiro atoms. The average molecular weight is 263 g/mol. The lowest BCUT2D eigenvalue weighted by molar-refractivity contribution is -0.140. The van der Waals surface area contributed by atoms with E-state index in [1.165, 1.54) is 18.2 Å². The van der Waals surface area contributed by atoms with E-state index in [9.17, 15) is 18.0 Å². The second-order valence-electron chi connectivity index (χ2n) is 3.58. The summed E-state index contributed by atoms with van der Waals surface area (Å²) in [5.41, 5.74) is 4.31. The maximum atomic E-state index is 12.6. The Kier molecular flexibility index (Phi) is 4.55. The Morgan fingerprint density at radius 3 is 2.56 bits per heavy atom. The van der Waals surface area contributed by atoms with Crippen LogP contribution in [0.1, 0.15) is 12.0 Å². The number of aliphatic carboxylic acids is 1. The molecule has 0 amide bonds. The summed E-state index contributed by atoms with van der Waals surface area (Å²) in [5, 5.41) is 8.50. The molecule has 0 heterocycles. The number of carboxylic acid groups (broad SMARTS) is 1. The fourth-order valence-electron chi connectivity index (χ4n) is 1.25. The van der Waals surface area contributed by atoms with Crippen LogP contribution in [0.25, 0.3) is 0 Å². The van der Waals surface area contributed by atoms with Crippen LogP contribution in [0, 0.1) is 0 Å². The first-order valence-corrected chi connectivity index (χ1v) is 5.10. The van der Waals surface area contributed by atoms with Crippen molar-refractivity contribution in [2.75, 3.05) is 6.61 Å². The summed E-state index contributed by atoms with van der Waals surface area (Å²) >= 11 is 0. The molecule has 1 unspecified atom stereocenters. The SMILES string of the molecule is NC(CCOc1ccccc1C(F)(F)F)C(=O)O. The molecule has 0 saturated carbocycles. The summed E-state index contributed by atoms with van der Waals surface area (Å²) < 4.78 is 42.6. The Morgan fingerprint density at radius 1 is 1.39 bits per heavy atom. The van der Waals surface area contributed by atoms with Crippen LogP contribution in [-0.4, -0.2) is 23.7 Å². The van der Waals surface area contributed by atoms with E-state index in [0.29, 0.717) is 0 Å². The lowest BCUT2D eigenvalue weighted by atomic mass is 10.2. The van der Waals surface area contributed by atoms with Gasteiger partial charge in [-0.3, -0.25) is 4.79 Å². The Labute approximate surface area is 101 Å². The van der Waals surface area contributed by atoms with Crippen LogP contribution in [0.3, 0.4) is 0 Å². The normalized spacial score (nSPS) is 13.1. The van der Waals surface area contributed by atoms with E-state index in [4.69, 9.17) is 15.6 Å². The van der Waals surface area contributed by atoms with Crippen LogP contribution < -0.4 is 10.5 Å². The number of hydrogen-bond acceptors (Lipinski definition) is 3. The summed E-state index contributed by atoms with van der Waals surface area (Å²) in [6.07, 6.45) is -4.58. The Balaban J connectivity index is 2.66. The lowest BCUT2D eigenvalue weighted by Gasteiger charge is -2.14. The molecule has 1 atom stereocenters. The van der Waals surface area contributed by atoms with Crippen molar-refractivity contribution in [1.82, 2.24) is 0 Å². The van der Waals surface area contributed by atoms with Gasteiger partial charge >= 0.3 is 12.1 Å². The highest BCUT2D eigenvalue weighted by Crippen LogP contribution is 2.35. The zero-order chi connectivity index (χ0) is 13.8. The lowest BCUT2D eigenvalue weighted by Crippen LogP contribution is -2.31. The molecule has 0 radical (unpaired) electrons. The van der Waals surface area contributed by atoms with Crippen LogP contribution in [0.4, 0.5) is 13.2 Å². The second-order valence-corrected chi connectivity index (χ2v) is 3.58. The van der Waals surface area contributed by atoms with Crippen LogP contribution in [-0.2, 0) is 11.0 Å². The van der Waals surface area contributed by atoms with Gasteiger partial charge < -0.3 is 15.6 Å². The molecular weight excluding hydrogens is 251 g/mol. The molecule has 0 bridgehead atoms. The Hall–Kier alpha value is -1.76. The van der Waals surface area contributed by atoms with Gasteiger partial charge in [0.05, 0.1) is 12.2 Å². The van der Waals surface area contributed by atoms with E-state index in [0.717, 1.165) is 6.07 Å². The number of ether oxygens (including phenoxy) is 1. The minimum atomic E-state index is -4.51. The zero-order valence-electron chi connectivity index (χ0n) is 9.28. The standard InChI is InChI=1S/C11H12F3NO3/c12-11(13,14)7-3-1-2-4-9(7)18-6-5-8(15)10(16)17/h1-4,8H,5-6,15H2,(H,16,17). The van der Waals surface area contributed by atoms with Gasteiger partial charge in [0.1, 0.15) is 11.8 Å². The summed E-state index contributed by atoms with van der Waals surface area (Å²) in [7, 11) is 0. The van der Waals surface area contributed by atoms with Crippen molar-refractivity contribution >= 4 is 5.97 Å². The fraction of sp³-hybridized carbons (Fsp3) is 0.364. The first-order chi connectivity index (χ1) is 8.32. The number of benzene rings is 1. The van der Waals surface area contributed by atoms with Crippen molar-refractivity contribution in [3.05, 3.63) is 29.8 Å².